The number of carboxylic acid groups (broad SMARTS) is 1. The summed E-state index contributed by atoms with van der Waals surface area (Å²) in [4.78, 5) is 20.7. The standard InChI is InChI=1S/C25H27F3N4O4S/c1-4-32(15-14-23(33)34)21-10-7-11-22(30-21)37(35,36)31-20-13-12-19(25(26,27)28)24(29-20)18-9-6-5-8-17(18)16(2)3/h5-13,16H,4,14-15H2,1-3H3,(H,29,31)(H,33,34). The molecular formula is C25H27F3N4O4S. The molecule has 0 spiro atoms. The van der Waals surface area contributed by atoms with E-state index in [1.54, 1.807) is 36.1 Å². The van der Waals surface area contributed by atoms with Gasteiger partial charge in [0.15, 0.2) is 5.03 Å². The molecule has 0 radical (unpaired) electrons. The molecule has 0 fully saturated rings. The van der Waals surface area contributed by atoms with Gasteiger partial charge in [0.2, 0.25) is 0 Å². The maximum absolute atomic E-state index is 13.8. The van der Waals surface area contributed by atoms with Gasteiger partial charge in [0.25, 0.3) is 10.0 Å². The molecule has 37 heavy (non-hydrogen) atoms. The van der Waals surface area contributed by atoms with Crippen molar-refractivity contribution < 1.29 is 31.5 Å². The van der Waals surface area contributed by atoms with Gasteiger partial charge in [-0.25, -0.2) is 9.97 Å². The molecule has 0 atom stereocenters. The minimum absolute atomic E-state index is 0.103. The predicted molar refractivity (Wildman–Crippen MR) is 134 cm³/mol. The summed E-state index contributed by atoms with van der Waals surface area (Å²) in [6.07, 6.45) is -4.87. The lowest BCUT2D eigenvalue weighted by atomic mass is 9.93. The third-order valence-electron chi connectivity index (χ3n) is 5.56. The van der Waals surface area contributed by atoms with Crippen molar-refractivity contribution in [1.29, 1.82) is 0 Å². The van der Waals surface area contributed by atoms with Crippen LogP contribution < -0.4 is 9.62 Å². The average Bonchev–Trinajstić information content (AvgIpc) is 2.83. The van der Waals surface area contributed by atoms with Crippen LogP contribution in [0.5, 0.6) is 0 Å². The zero-order chi connectivity index (χ0) is 27.4. The Hall–Kier alpha value is -3.67. The number of pyridine rings is 2. The zero-order valence-electron chi connectivity index (χ0n) is 20.5. The molecule has 0 aliphatic heterocycles. The lowest BCUT2D eigenvalue weighted by Crippen LogP contribution is -2.27. The zero-order valence-corrected chi connectivity index (χ0v) is 21.3. The van der Waals surface area contributed by atoms with Gasteiger partial charge in [-0.3, -0.25) is 9.52 Å². The second-order valence-corrected chi connectivity index (χ2v) is 10.1. The first-order valence-electron chi connectivity index (χ1n) is 11.5. The summed E-state index contributed by atoms with van der Waals surface area (Å²) in [6, 6.07) is 12.5. The summed E-state index contributed by atoms with van der Waals surface area (Å²) < 4.78 is 69.9. The largest absolute Gasteiger partial charge is 0.481 e. The molecule has 3 aromatic rings. The number of anilines is 2. The highest BCUT2D eigenvalue weighted by Gasteiger charge is 2.35. The first-order chi connectivity index (χ1) is 17.3. The molecular weight excluding hydrogens is 509 g/mol. The van der Waals surface area contributed by atoms with E-state index >= 15 is 0 Å². The Balaban J connectivity index is 2.02. The Bertz CT molecular complexity index is 1380. The van der Waals surface area contributed by atoms with Crippen LogP contribution in [0.1, 0.15) is 44.2 Å². The number of alkyl halides is 3. The Morgan fingerprint density at radius 1 is 1.05 bits per heavy atom. The molecule has 12 heteroatoms. The Labute approximate surface area is 213 Å². The van der Waals surface area contributed by atoms with Crippen LogP contribution in [0.2, 0.25) is 0 Å². The fourth-order valence-electron chi connectivity index (χ4n) is 3.75. The number of benzene rings is 1. The van der Waals surface area contributed by atoms with Gasteiger partial charge in [-0.2, -0.15) is 21.6 Å². The van der Waals surface area contributed by atoms with Gasteiger partial charge < -0.3 is 10.0 Å². The number of carboxylic acids is 1. The van der Waals surface area contributed by atoms with Gasteiger partial charge in [-0.15, -0.1) is 0 Å². The van der Waals surface area contributed by atoms with Gasteiger partial charge in [0.1, 0.15) is 11.6 Å². The van der Waals surface area contributed by atoms with Crippen molar-refractivity contribution in [3.8, 4) is 11.3 Å². The summed E-state index contributed by atoms with van der Waals surface area (Å²) in [5.41, 5.74) is -0.482. The van der Waals surface area contributed by atoms with Gasteiger partial charge >= 0.3 is 12.1 Å². The Morgan fingerprint density at radius 3 is 2.38 bits per heavy atom. The van der Waals surface area contributed by atoms with Gasteiger partial charge in [0.05, 0.1) is 17.7 Å². The first-order valence-corrected chi connectivity index (χ1v) is 13.0. The predicted octanol–water partition coefficient (Wildman–Crippen LogP) is 5.39. The molecule has 0 saturated carbocycles. The van der Waals surface area contributed by atoms with Crippen LogP contribution in [0, 0.1) is 0 Å². The van der Waals surface area contributed by atoms with Crippen molar-refractivity contribution in [2.45, 2.75) is 44.3 Å². The number of sulfonamides is 1. The molecule has 198 valence electrons. The topological polar surface area (TPSA) is 112 Å². The van der Waals surface area contributed by atoms with Crippen molar-refractivity contribution in [2.24, 2.45) is 0 Å². The lowest BCUT2D eigenvalue weighted by Gasteiger charge is -2.21. The van der Waals surface area contributed by atoms with E-state index in [-0.39, 0.29) is 46.8 Å². The third kappa shape index (κ3) is 6.76. The molecule has 0 amide bonds. The van der Waals surface area contributed by atoms with Crippen LogP contribution in [0.25, 0.3) is 11.3 Å². The number of halogens is 3. The molecule has 0 bridgehead atoms. The highest BCUT2D eigenvalue weighted by atomic mass is 32.2. The molecule has 2 heterocycles. The SMILES string of the molecule is CCN(CCC(=O)O)c1cccc(S(=O)(=O)Nc2ccc(C(F)(F)F)c(-c3ccccc3C(C)C)n2)n1. The number of hydrogen-bond donors (Lipinski definition) is 2. The molecule has 0 aliphatic rings. The number of nitrogens with one attached hydrogen (secondary N) is 1. The van der Waals surface area contributed by atoms with Gasteiger partial charge in [0, 0.05) is 18.7 Å². The molecule has 3 rings (SSSR count). The maximum atomic E-state index is 13.8. The van der Waals surface area contributed by atoms with Gasteiger partial charge in [-0.1, -0.05) is 44.2 Å². The molecule has 2 aromatic heterocycles. The first kappa shape index (κ1) is 27.9. The molecule has 0 unspecified atom stereocenters. The summed E-state index contributed by atoms with van der Waals surface area (Å²) in [7, 11) is -4.33. The number of nitrogens with zero attached hydrogens (tertiary/aromatic N) is 3. The molecule has 0 saturated heterocycles. The van der Waals surface area contributed by atoms with Crippen LogP contribution in [0.15, 0.2) is 59.6 Å². The summed E-state index contributed by atoms with van der Waals surface area (Å²) in [6.45, 7) is 5.96. The number of hydrogen-bond acceptors (Lipinski definition) is 6. The molecule has 0 aliphatic carbocycles. The number of rotatable bonds is 10. The molecule has 2 N–H and O–H groups in total. The van der Waals surface area contributed by atoms with Crippen LogP contribution in [-0.2, 0) is 21.0 Å². The minimum atomic E-state index is -4.71. The number of carbonyl (C=O) groups is 1. The van der Waals surface area contributed by atoms with E-state index < -0.39 is 27.7 Å². The normalized spacial score (nSPS) is 12.0. The summed E-state index contributed by atoms with van der Waals surface area (Å²) in [5, 5.41) is 8.56. The van der Waals surface area contributed by atoms with E-state index in [0.29, 0.717) is 12.1 Å². The fraction of sp³-hybridized carbons (Fsp3) is 0.320. The van der Waals surface area contributed by atoms with E-state index in [9.17, 15) is 26.4 Å². The van der Waals surface area contributed by atoms with E-state index in [1.807, 2.05) is 13.8 Å². The van der Waals surface area contributed by atoms with Crippen molar-refractivity contribution in [1.82, 2.24) is 9.97 Å². The van der Waals surface area contributed by atoms with Crippen LogP contribution in [0.4, 0.5) is 24.8 Å². The van der Waals surface area contributed by atoms with Crippen molar-refractivity contribution in [2.75, 3.05) is 22.7 Å². The smallest absolute Gasteiger partial charge is 0.418 e. The van der Waals surface area contributed by atoms with Crippen LogP contribution in [-0.4, -0.2) is 42.6 Å². The van der Waals surface area contributed by atoms with Crippen LogP contribution >= 0.6 is 0 Å². The number of aromatic nitrogens is 2. The average molecular weight is 537 g/mol. The molecule has 8 nitrogen and oxygen atoms in total. The lowest BCUT2D eigenvalue weighted by molar-refractivity contribution is -0.138. The number of aliphatic carboxylic acids is 1. The van der Waals surface area contributed by atoms with Crippen molar-refractivity contribution >= 4 is 27.6 Å². The van der Waals surface area contributed by atoms with E-state index in [2.05, 4.69) is 14.7 Å². The highest BCUT2D eigenvalue weighted by molar-refractivity contribution is 7.92. The van der Waals surface area contributed by atoms with Crippen molar-refractivity contribution in [3.05, 3.63) is 65.7 Å². The van der Waals surface area contributed by atoms with Gasteiger partial charge in [-0.05, 0) is 42.7 Å². The minimum Gasteiger partial charge on any atom is -0.481 e. The second kappa shape index (κ2) is 11.2. The highest BCUT2D eigenvalue weighted by Crippen LogP contribution is 2.39. The Morgan fingerprint density at radius 2 is 1.76 bits per heavy atom. The third-order valence-corrected chi connectivity index (χ3v) is 6.82. The fourth-order valence-corrected chi connectivity index (χ4v) is 4.72. The Kier molecular flexibility index (Phi) is 8.42. The monoisotopic (exact) mass is 536 g/mol. The van der Waals surface area contributed by atoms with E-state index in [1.165, 1.54) is 18.2 Å². The summed E-state index contributed by atoms with van der Waals surface area (Å²) in [5.74, 6) is -1.16. The maximum Gasteiger partial charge on any atom is 0.418 e. The second-order valence-electron chi connectivity index (χ2n) is 8.50. The van der Waals surface area contributed by atoms with E-state index in [4.69, 9.17) is 5.11 Å². The molecule has 1 aromatic carbocycles. The quantitative estimate of drug-likeness (QED) is 0.357. The summed E-state index contributed by atoms with van der Waals surface area (Å²) >= 11 is 0. The van der Waals surface area contributed by atoms with Crippen molar-refractivity contribution in [3.63, 3.8) is 0 Å². The van der Waals surface area contributed by atoms with Crippen LogP contribution in [0.3, 0.4) is 0 Å². The van der Waals surface area contributed by atoms with E-state index in [0.717, 1.165) is 12.1 Å².